The topological polar surface area (TPSA) is 86.1 Å². The molecule has 0 saturated heterocycles. The molecule has 1 amide bonds. The largest absolute Gasteiger partial charge is 0.460 e. The highest BCUT2D eigenvalue weighted by Crippen LogP contribution is 2.08. The molecule has 3 rings (SSSR count). The quantitative estimate of drug-likeness (QED) is 0.693. The predicted molar refractivity (Wildman–Crippen MR) is 89.9 cm³/mol. The Morgan fingerprint density at radius 3 is 2.48 bits per heavy atom. The first-order valence-corrected chi connectivity index (χ1v) is 7.65. The van der Waals surface area contributed by atoms with Crippen molar-refractivity contribution >= 4 is 11.9 Å². The van der Waals surface area contributed by atoms with Crippen LogP contribution in [-0.4, -0.2) is 33.2 Å². The Balaban J connectivity index is 1.48. The van der Waals surface area contributed by atoms with Gasteiger partial charge in [-0.25, -0.2) is 9.67 Å². The molecule has 2 aromatic carbocycles. The van der Waals surface area contributed by atoms with E-state index in [1.165, 1.54) is 6.33 Å². The van der Waals surface area contributed by atoms with Gasteiger partial charge in [0.25, 0.3) is 5.91 Å². The molecule has 0 radical (unpaired) electrons. The second-order valence-electron chi connectivity index (χ2n) is 5.22. The zero-order valence-corrected chi connectivity index (χ0v) is 13.3. The standard InChI is InChI=1S/C18H16N4O3/c23-17(25-11-14-4-2-1-3-5-14)10-20-18(24)15-6-8-16(9-7-15)22-13-19-12-21-22/h1-9,12-13H,10-11H2,(H,20,24). The summed E-state index contributed by atoms with van der Waals surface area (Å²) in [6.45, 7) is -0.00135. The van der Waals surface area contributed by atoms with E-state index in [9.17, 15) is 9.59 Å². The third-order valence-corrected chi connectivity index (χ3v) is 3.45. The Kier molecular flexibility index (Phi) is 5.16. The van der Waals surface area contributed by atoms with Crippen LogP contribution in [0.25, 0.3) is 5.69 Å². The highest BCUT2D eigenvalue weighted by Gasteiger charge is 2.09. The monoisotopic (exact) mass is 336 g/mol. The average molecular weight is 336 g/mol. The number of aromatic nitrogens is 3. The van der Waals surface area contributed by atoms with Gasteiger partial charge in [0.2, 0.25) is 0 Å². The van der Waals surface area contributed by atoms with Gasteiger partial charge in [0.05, 0.1) is 5.69 Å². The summed E-state index contributed by atoms with van der Waals surface area (Å²) in [5.74, 6) is -0.835. The van der Waals surface area contributed by atoms with E-state index < -0.39 is 5.97 Å². The summed E-state index contributed by atoms with van der Waals surface area (Å²) in [6.07, 6.45) is 3.00. The molecule has 0 fully saturated rings. The molecule has 0 atom stereocenters. The molecule has 0 bridgehead atoms. The van der Waals surface area contributed by atoms with Crippen molar-refractivity contribution in [2.75, 3.05) is 6.54 Å². The zero-order chi connectivity index (χ0) is 17.5. The minimum atomic E-state index is -0.489. The molecule has 3 aromatic rings. The van der Waals surface area contributed by atoms with E-state index in [0.717, 1.165) is 11.3 Å². The summed E-state index contributed by atoms with van der Waals surface area (Å²) in [5.41, 5.74) is 2.13. The van der Waals surface area contributed by atoms with E-state index in [1.54, 1.807) is 35.3 Å². The van der Waals surface area contributed by atoms with Crippen LogP contribution < -0.4 is 5.32 Å². The van der Waals surface area contributed by atoms with Crippen LogP contribution >= 0.6 is 0 Å². The lowest BCUT2D eigenvalue weighted by Gasteiger charge is -2.07. The van der Waals surface area contributed by atoms with Gasteiger partial charge in [-0.1, -0.05) is 30.3 Å². The van der Waals surface area contributed by atoms with E-state index in [-0.39, 0.29) is 19.1 Å². The van der Waals surface area contributed by atoms with Crippen LogP contribution in [0.2, 0.25) is 0 Å². The van der Waals surface area contributed by atoms with E-state index in [2.05, 4.69) is 15.4 Å². The number of hydrogen-bond donors (Lipinski definition) is 1. The van der Waals surface area contributed by atoms with Crippen LogP contribution in [0.15, 0.2) is 67.3 Å². The molecule has 7 heteroatoms. The molecular formula is C18H16N4O3. The number of esters is 1. The fourth-order valence-corrected chi connectivity index (χ4v) is 2.15. The van der Waals surface area contributed by atoms with Crippen molar-refractivity contribution in [2.45, 2.75) is 6.61 Å². The maximum atomic E-state index is 12.1. The summed E-state index contributed by atoms with van der Waals surface area (Å²) in [6, 6.07) is 16.2. The van der Waals surface area contributed by atoms with Crippen LogP contribution in [0.5, 0.6) is 0 Å². The number of carbonyl (C=O) groups excluding carboxylic acids is 2. The van der Waals surface area contributed by atoms with Gasteiger partial charge in [-0.3, -0.25) is 9.59 Å². The minimum absolute atomic E-state index is 0.183. The first kappa shape index (κ1) is 16.4. The molecular weight excluding hydrogens is 320 g/mol. The van der Waals surface area contributed by atoms with Crippen molar-refractivity contribution in [1.29, 1.82) is 0 Å². The van der Waals surface area contributed by atoms with Crippen molar-refractivity contribution in [1.82, 2.24) is 20.1 Å². The molecule has 0 spiro atoms. The molecule has 0 saturated carbocycles. The van der Waals surface area contributed by atoms with Gasteiger partial charge in [-0.05, 0) is 29.8 Å². The maximum Gasteiger partial charge on any atom is 0.325 e. The van der Waals surface area contributed by atoms with E-state index in [1.807, 2.05) is 30.3 Å². The third-order valence-electron chi connectivity index (χ3n) is 3.45. The van der Waals surface area contributed by atoms with E-state index >= 15 is 0 Å². The summed E-state index contributed by atoms with van der Waals surface area (Å²) >= 11 is 0. The molecule has 1 aromatic heterocycles. The van der Waals surface area contributed by atoms with Crippen LogP contribution in [-0.2, 0) is 16.1 Å². The molecule has 25 heavy (non-hydrogen) atoms. The number of hydrogen-bond acceptors (Lipinski definition) is 5. The molecule has 0 aliphatic rings. The number of carbonyl (C=O) groups is 2. The molecule has 0 aliphatic heterocycles. The fourth-order valence-electron chi connectivity index (χ4n) is 2.15. The highest BCUT2D eigenvalue weighted by molar-refractivity contribution is 5.96. The molecule has 1 N–H and O–H groups in total. The predicted octanol–water partition coefficient (Wildman–Crippen LogP) is 1.74. The van der Waals surface area contributed by atoms with Crippen molar-refractivity contribution in [2.24, 2.45) is 0 Å². The zero-order valence-electron chi connectivity index (χ0n) is 13.3. The molecule has 126 valence electrons. The first-order valence-electron chi connectivity index (χ1n) is 7.65. The summed E-state index contributed by atoms with van der Waals surface area (Å²) in [7, 11) is 0. The summed E-state index contributed by atoms with van der Waals surface area (Å²) < 4.78 is 6.70. The minimum Gasteiger partial charge on any atom is -0.460 e. The maximum absolute atomic E-state index is 12.1. The molecule has 1 heterocycles. The Morgan fingerprint density at radius 2 is 1.80 bits per heavy atom. The number of rotatable bonds is 6. The number of amides is 1. The lowest BCUT2D eigenvalue weighted by atomic mass is 10.2. The fraction of sp³-hybridized carbons (Fsp3) is 0.111. The van der Waals surface area contributed by atoms with Crippen molar-refractivity contribution in [3.8, 4) is 5.69 Å². The summed E-state index contributed by atoms with van der Waals surface area (Å²) in [4.78, 5) is 27.6. The Morgan fingerprint density at radius 1 is 1.04 bits per heavy atom. The van der Waals surface area contributed by atoms with Gasteiger partial charge < -0.3 is 10.1 Å². The lowest BCUT2D eigenvalue weighted by Crippen LogP contribution is -2.30. The normalized spacial score (nSPS) is 10.2. The lowest BCUT2D eigenvalue weighted by molar-refractivity contribution is -0.143. The van der Waals surface area contributed by atoms with Crippen molar-refractivity contribution in [3.63, 3.8) is 0 Å². The molecule has 7 nitrogen and oxygen atoms in total. The van der Waals surface area contributed by atoms with Gasteiger partial charge in [-0.2, -0.15) is 5.10 Å². The van der Waals surface area contributed by atoms with Gasteiger partial charge >= 0.3 is 5.97 Å². The Labute approximate surface area is 144 Å². The average Bonchev–Trinajstić information content (AvgIpc) is 3.20. The third kappa shape index (κ3) is 4.51. The van der Waals surface area contributed by atoms with Gasteiger partial charge in [-0.15, -0.1) is 0 Å². The second kappa shape index (κ2) is 7.87. The number of ether oxygens (including phenoxy) is 1. The smallest absolute Gasteiger partial charge is 0.325 e. The van der Waals surface area contributed by atoms with Crippen molar-refractivity contribution in [3.05, 3.63) is 78.4 Å². The van der Waals surface area contributed by atoms with Crippen LogP contribution in [0.3, 0.4) is 0 Å². The summed E-state index contributed by atoms with van der Waals surface area (Å²) in [5, 5.41) is 6.55. The van der Waals surface area contributed by atoms with E-state index in [4.69, 9.17) is 4.74 Å². The molecule has 0 aliphatic carbocycles. The number of nitrogens with zero attached hydrogens (tertiary/aromatic N) is 3. The van der Waals surface area contributed by atoms with Crippen LogP contribution in [0, 0.1) is 0 Å². The highest BCUT2D eigenvalue weighted by atomic mass is 16.5. The van der Waals surface area contributed by atoms with E-state index in [0.29, 0.717) is 5.56 Å². The van der Waals surface area contributed by atoms with Gasteiger partial charge in [0.1, 0.15) is 25.8 Å². The first-order chi connectivity index (χ1) is 12.2. The SMILES string of the molecule is O=C(CNC(=O)c1ccc(-n2cncn2)cc1)OCc1ccccc1. The number of benzene rings is 2. The van der Waals surface area contributed by atoms with Crippen LogP contribution in [0.4, 0.5) is 0 Å². The molecule has 0 unspecified atom stereocenters. The second-order valence-corrected chi connectivity index (χ2v) is 5.22. The Hall–Kier alpha value is -3.48. The number of nitrogens with one attached hydrogen (secondary N) is 1. The van der Waals surface area contributed by atoms with Crippen LogP contribution in [0.1, 0.15) is 15.9 Å². The van der Waals surface area contributed by atoms with Crippen molar-refractivity contribution < 1.29 is 14.3 Å². The Bertz CT molecular complexity index is 831. The van der Waals surface area contributed by atoms with Gasteiger partial charge in [0.15, 0.2) is 0 Å². The van der Waals surface area contributed by atoms with Gasteiger partial charge in [0, 0.05) is 5.56 Å².